The van der Waals surface area contributed by atoms with E-state index in [1.807, 2.05) is 18.2 Å². The summed E-state index contributed by atoms with van der Waals surface area (Å²) in [7, 11) is 0. The van der Waals surface area contributed by atoms with Gasteiger partial charge in [-0.1, -0.05) is 43.3 Å². The first-order valence-electron chi connectivity index (χ1n) is 7.64. The van der Waals surface area contributed by atoms with Gasteiger partial charge in [0.25, 0.3) is 0 Å². The van der Waals surface area contributed by atoms with Gasteiger partial charge in [-0.15, -0.1) is 0 Å². The standard InChI is InChI=1S/C17H18N2OS/c21-16-9-14(11-5-1-2-6-11)18-17(19-16)13-10-20-15-8-4-3-7-12(13)15/h3-4,7-9,11,13H,1-2,5-6,10H2,(H,18,19,21). The number of benzene rings is 1. The Morgan fingerprint density at radius 1 is 1.19 bits per heavy atom. The van der Waals surface area contributed by atoms with E-state index in [0.717, 1.165) is 11.6 Å². The molecule has 0 radical (unpaired) electrons. The van der Waals surface area contributed by atoms with Crippen LogP contribution in [-0.4, -0.2) is 16.6 Å². The third kappa shape index (κ3) is 2.38. The van der Waals surface area contributed by atoms with Crippen LogP contribution < -0.4 is 4.74 Å². The summed E-state index contributed by atoms with van der Waals surface area (Å²) >= 11 is 5.38. The van der Waals surface area contributed by atoms with E-state index in [2.05, 4.69) is 22.1 Å². The number of hydrogen-bond donors (Lipinski definition) is 1. The van der Waals surface area contributed by atoms with Crippen LogP contribution in [-0.2, 0) is 0 Å². The van der Waals surface area contributed by atoms with E-state index < -0.39 is 0 Å². The van der Waals surface area contributed by atoms with Crippen molar-refractivity contribution < 1.29 is 4.74 Å². The predicted octanol–water partition coefficient (Wildman–Crippen LogP) is 4.32. The Morgan fingerprint density at radius 3 is 2.86 bits per heavy atom. The highest BCUT2D eigenvalue weighted by molar-refractivity contribution is 7.71. The van der Waals surface area contributed by atoms with E-state index in [9.17, 15) is 0 Å². The summed E-state index contributed by atoms with van der Waals surface area (Å²) in [6.45, 7) is 0.645. The number of ether oxygens (including phenoxy) is 1. The summed E-state index contributed by atoms with van der Waals surface area (Å²) in [5.41, 5.74) is 2.46. The molecule has 2 aromatic rings. The molecular weight excluding hydrogens is 280 g/mol. The number of aromatic amines is 1. The predicted molar refractivity (Wildman–Crippen MR) is 84.4 cm³/mol. The molecule has 4 rings (SSSR count). The van der Waals surface area contributed by atoms with Crippen LogP contribution in [0, 0.1) is 4.64 Å². The van der Waals surface area contributed by atoms with Crippen molar-refractivity contribution in [1.29, 1.82) is 0 Å². The zero-order valence-electron chi connectivity index (χ0n) is 11.8. The average Bonchev–Trinajstić information content (AvgIpc) is 3.16. The highest BCUT2D eigenvalue weighted by atomic mass is 32.1. The minimum atomic E-state index is 0.171. The molecule has 1 atom stereocenters. The molecule has 108 valence electrons. The molecule has 1 N–H and O–H groups in total. The van der Waals surface area contributed by atoms with Crippen LogP contribution >= 0.6 is 12.2 Å². The fourth-order valence-electron chi connectivity index (χ4n) is 3.51. The van der Waals surface area contributed by atoms with Gasteiger partial charge in [0, 0.05) is 11.3 Å². The second-order valence-electron chi connectivity index (χ2n) is 5.94. The summed E-state index contributed by atoms with van der Waals surface area (Å²) < 4.78 is 6.47. The van der Waals surface area contributed by atoms with Crippen molar-refractivity contribution in [2.24, 2.45) is 0 Å². The number of rotatable bonds is 2. The fraction of sp³-hybridized carbons (Fsp3) is 0.412. The van der Waals surface area contributed by atoms with Crippen molar-refractivity contribution >= 4 is 12.2 Å². The van der Waals surface area contributed by atoms with Crippen LogP contribution in [0.4, 0.5) is 0 Å². The van der Waals surface area contributed by atoms with Gasteiger partial charge in [0.1, 0.15) is 22.8 Å². The quantitative estimate of drug-likeness (QED) is 0.839. The minimum absolute atomic E-state index is 0.171. The van der Waals surface area contributed by atoms with Crippen LogP contribution in [0.1, 0.15) is 54.6 Å². The number of nitrogens with zero attached hydrogens (tertiary/aromatic N) is 1. The largest absolute Gasteiger partial charge is 0.492 e. The second-order valence-corrected chi connectivity index (χ2v) is 6.36. The smallest absolute Gasteiger partial charge is 0.130 e. The van der Waals surface area contributed by atoms with Gasteiger partial charge in [-0.2, -0.15) is 0 Å². The van der Waals surface area contributed by atoms with E-state index >= 15 is 0 Å². The van der Waals surface area contributed by atoms with E-state index in [-0.39, 0.29) is 5.92 Å². The van der Waals surface area contributed by atoms with Crippen LogP contribution in [0.5, 0.6) is 5.75 Å². The fourth-order valence-corrected chi connectivity index (χ4v) is 3.73. The van der Waals surface area contributed by atoms with Crippen LogP contribution in [0.15, 0.2) is 30.3 Å². The van der Waals surface area contributed by atoms with Gasteiger partial charge in [-0.05, 0) is 30.9 Å². The first kappa shape index (κ1) is 13.0. The molecule has 0 saturated heterocycles. The van der Waals surface area contributed by atoms with E-state index in [1.54, 1.807) is 0 Å². The number of para-hydroxylation sites is 1. The lowest BCUT2D eigenvalue weighted by atomic mass is 9.99. The third-order valence-electron chi connectivity index (χ3n) is 4.61. The number of fused-ring (bicyclic) bond motifs is 1. The summed E-state index contributed by atoms with van der Waals surface area (Å²) in [6.07, 6.45) is 5.15. The maximum Gasteiger partial charge on any atom is 0.130 e. The lowest BCUT2D eigenvalue weighted by molar-refractivity contribution is 0.339. The molecular formula is C17H18N2OS. The average molecular weight is 298 g/mol. The molecule has 2 aliphatic rings. The molecule has 2 heterocycles. The van der Waals surface area contributed by atoms with Crippen molar-refractivity contribution in [3.8, 4) is 5.75 Å². The van der Waals surface area contributed by atoms with E-state index in [4.69, 9.17) is 17.0 Å². The molecule has 0 spiro atoms. The Kier molecular flexibility index (Phi) is 3.26. The number of H-pyrrole nitrogens is 1. The van der Waals surface area contributed by atoms with Crippen molar-refractivity contribution in [3.05, 3.63) is 52.1 Å². The van der Waals surface area contributed by atoms with Gasteiger partial charge in [-0.3, -0.25) is 0 Å². The molecule has 1 unspecified atom stereocenters. The first-order chi connectivity index (χ1) is 10.3. The summed E-state index contributed by atoms with van der Waals surface area (Å²) in [4.78, 5) is 8.12. The lowest BCUT2D eigenvalue weighted by Gasteiger charge is -2.14. The Labute approximate surface area is 129 Å². The molecule has 0 bridgehead atoms. The van der Waals surface area contributed by atoms with Crippen molar-refractivity contribution in [1.82, 2.24) is 9.97 Å². The molecule has 1 aliphatic heterocycles. The Hall–Kier alpha value is -1.68. The van der Waals surface area contributed by atoms with Crippen molar-refractivity contribution in [3.63, 3.8) is 0 Å². The third-order valence-corrected chi connectivity index (χ3v) is 4.82. The molecule has 1 aliphatic carbocycles. The maximum atomic E-state index is 5.78. The second kappa shape index (κ2) is 5.26. The Bertz CT molecular complexity index is 719. The van der Waals surface area contributed by atoms with Gasteiger partial charge in [0.05, 0.1) is 5.92 Å². The molecule has 4 heteroatoms. The van der Waals surface area contributed by atoms with E-state index in [0.29, 0.717) is 17.2 Å². The first-order valence-corrected chi connectivity index (χ1v) is 8.05. The van der Waals surface area contributed by atoms with Gasteiger partial charge in [-0.25, -0.2) is 4.98 Å². The number of nitrogens with one attached hydrogen (secondary N) is 1. The topological polar surface area (TPSA) is 37.9 Å². The van der Waals surface area contributed by atoms with Gasteiger partial charge >= 0.3 is 0 Å². The highest BCUT2D eigenvalue weighted by Gasteiger charge is 2.28. The Morgan fingerprint density at radius 2 is 2.00 bits per heavy atom. The van der Waals surface area contributed by atoms with Crippen LogP contribution in [0.2, 0.25) is 0 Å². The molecule has 1 fully saturated rings. The van der Waals surface area contributed by atoms with Gasteiger partial charge < -0.3 is 9.72 Å². The van der Waals surface area contributed by atoms with Gasteiger partial charge in [0.15, 0.2) is 0 Å². The number of hydrogen-bond acceptors (Lipinski definition) is 3. The normalized spacial score (nSPS) is 21.2. The SMILES string of the molecule is S=c1cc(C2CCCC2)[nH]c(C2COc3ccccc32)n1. The number of aromatic nitrogens is 2. The zero-order chi connectivity index (χ0) is 14.2. The highest BCUT2D eigenvalue weighted by Crippen LogP contribution is 2.38. The summed E-state index contributed by atoms with van der Waals surface area (Å²) in [5, 5.41) is 0. The van der Waals surface area contributed by atoms with Gasteiger partial charge in [0.2, 0.25) is 0 Å². The van der Waals surface area contributed by atoms with Crippen LogP contribution in [0.3, 0.4) is 0 Å². The molecule has 21 heavy (non-hydrogen) atoms. The lowest BCUT2D eigenvalue weighted by Crippen LogP contribution is -2.10. The molecule has 0 amide bonds. The molecule has 1 saturated carbocycles. The summed E-state index contributed by atoms with van der Waals surface area (Å²) in [5.74, 6) is 2.71. The monoisotopic (exact) mass is 298 g/mol. The molecule has 1 aromatic heterocycles. The van der Waals surface area contributed by atoms with Crippen molar-refractivity contribution in [2.45, 2.75) is 37.5 Å². The Balaban J connectivity index is 1.74. The summed E-state index contributed by atoms with van der Waals surface area (Å²) in [6, 6.07) is 10.2. The minimum Gasteiger partial charge on any atom is -0.492 e. The van der Waals surface area contributed by atoms with Crippen molar-refractivity contribution in [2.75, 3.05) is 6.61 Å². The zero-order valence-corrected chi connectivity index (χ0v) is 12.7. The molecule has 3 nitrogen and oxygen atoms in total. The molecule has 1 aromatic carbocycles. The maximum absolute atomic E-state index is 5.78. The van der Waals surface area contributed by atoms with E-state index in [1.165, 1.54) is 36.9 Å². The van der Waals surface area contributed by atoms with Crippen LogP contribution in [0.25, 0.3) is 0 Å².